The first-order valence-corrected chi connectivity index (χ1v) is 8.47. The van der Waals surface area contributed by atoms with Crippen LogP contribution in [-0.4, -0.2) is 11.0 Å². The van der Waals surface area contributed by atoms with Gasteiger partial charge in [0, 0.05) is 21.0 Å². The van der Waals surface area contributed by atoms with Gasteiger partial charge in [0.05, 0.1) is 17.2 Å². The maximum absolute atomic E-state index is 11.5. The molecule has 3 nitrogen and oxygen atoms in total. The van der Waals surface area contributed by atoms with Crippen LogP contribution in [0.1, 0.15) is 36.7 Å². The van der Waals surface area contributed by atoms with E-state index >= 15 is 0 Å². The fourth-order valence-corrected chi connectivity index (χ4v) is 3.02. The molecule has 5 heteroatoms. The summed E-state index contributed by atoms with van der Waals surface area (Å²) in [6.45, 7) is 6.47. The Morgan fingerprint density at radius 3 is 2.24 bits per heavy atom. The molecule has 0 saturated carbocycles. The molecule has 0 radical (unpaired) electrons. The Morgan fingerprint density at radius 1 is 1.04 bits per heavy atom. The third-order valence-corrected chi connectivity index (χ3v) is 4.53. The van der Waals surface area contributed by atoms with Crippen molar-refractivity contribution in [2.24, 2.45) is 0 Å². The van der Waals surface area contributed by atoms with Gasteiger partial charge >= 0.3 is 51.4 Å². The molecule has 0 N–H and O–H groups in total. The van der Waals surface area contributed by atoms with Crippen molar-refractivity contribution in [1.29, 1.82) is 0 Å². The monoisotopic (exact) mass is 421 g/mol. The number of carbonyl (C=O) groups excluding carboxylic acids is 1. The largest absolute Gasteiger partial charge is 1.00 e. The Balaban J connectivity index is 0.00000225. The molecular formula is C20H17BrKNO2. The summed E-state index contributed by atoms with van der Waals surface area (Å²) in [7, 11) is 0. The molecule has 1 aromatic heterocycles. The van der Waals surface area contributed by atoms with Gasteiger partial charge in [0.15, 0.2) is 0 Å². The predicted octanol–water partition coefficient (Wildman–Crippen LogP) is 1.33. The van der Waals surface area contributed by atoms with Crippen LogP contribution in [0.25, 0.3) is 22.2 Å². The normalized spacial score (nSPS) is 11.2. The Bertz CT molecular complexity index is 931. The number of benzene rings is 2. The Kier molecular flexibility index (Phi) is 6.63. The molecule has 0 fully saturated rings. The number of aromatic carboxylic acids is 1. The molecule has 122 valence electrons. The van der Waals surface area contributed by atoms with E-state index in [1.807, 2.05) is 18.2 Å². The van der Waals surface area contributed by atoms with Gasteiger partial charge in [-0.2, -0.15) is 0 Å². The fraction of sp³-hybridized carbons (Fsp3) is 0.200. The summed E-state index contributed by atoms with van der Waals surface area (Å²) in [5, 5.41) is 12.1. The number of carboxylic acids is 1. The van der Waals surface area contributed by atoms with Gasteiger partial charge in [0.2, 0.25) is 0 Å². The van der Waals surface area contributed by atoms with Crippen LogP contribution in [-0.2, 0) is 5.41 Å². The number of pyridine rings is 1. The predicted molar refractivity (Wildman–Crippen MR) is 97.9 cm³/mol. The molecule has 1 heterocycles. The van der Waals surface area contributed by atoms with E-state index < -0.39 is 5.97 Å². The molecule has 0 saturated heterocycles. The second-order valence-electron chi connectivity index (χ2n) is 6.83. The molecule has 0 atom stereocenters. The van der Waals surface area contributed by atoms with Crippen LogP contribution in [0.2, 0.25) is 0 Å². The Labute approximate surface area is 198 Å². The summed E-state index contributed by atoms with van der Waals surface area (Å²) in [4.78, 5) is 16.2. The fourth-order valence-electron chi connectivity index (χ4n) is 2.66. The first-order chi connectivity index (χ1) is 11.3. The summed E-state index contributed by atoms with van der Waals surface area (Å²) >= 11 is 3.36. The van der Waals surface area contributed by atoms with Gasteiger partial charge in [-0.15, -0.1) is 0 Å². The van der Waals surface area contributed by atoms with Crippen LogP contribution in [0, 0.1) is 0 Å². The van der Waals surface area contributed by atoms with Crippen molar-refractivity contribution in [2.75, 3.05) is 0 Å². The van der Waals surface area contributed by atoms with Crippen molar-refractivity contribution < 1.29 is 61.3 Å². The Morgan fingerprint density at radius 2 is 1.68 bits per heavy atom. The molecule has 0 aliphatic heterocycles. The van der Waals surface area contributed by atoms with Crippen molar-refractivity contribution in [3.05, 3.63) is 64.1 Å². The van der Waals surface area contributed by atoms with E-state index in [0.29, 0.717) is 16.6 Å². The van der Waals surface area contributed by atoms with Gasteiger partial charge in [-0.05, 0) is 35.2 Å². The van der Waals surface area contributed by atoms with Crippen LogP contribution in [0.15, 0.2) is 53.0 Å². The van der Waals surface area contributed by atoms with Crippen LogP contribution in [0.3, 0.4) is 0 Å². The maximum Gasteiger partial charge on any atom is 1.00 e. The van der Waals surface area contributed by atoms with E-state index in [2.05, 4.69) is 53.8 Å². The maximum atomic E-state index is 11.5. The van der Waals surface area contributed by atoms with Gasteiger partial charge in [0.1, 0.15) is 0 Å². The number of carbonyl (C=O) groups is 1. The first-order valence-electron chi connectivity index (χ1n) is 7.68. The summed E-state index contributed by atoms with van der Waals surface area (Å²) in [5.41, 5.74) is 3.58. The molecule has 0 aliphatic carbocycles. The van der Waals surface area contributed by atoms with Crippen LogP contribution in [0.5, 0.6) is 0 Å². The van der Waals surface area contributed by atoms with Gasteiger partial charge in [-0.1, -0.05) is 61.0 Å². The van der Waals surface area contributed by atoms with E-state index in [4.69, 9.17) is 0 Å². The van der Waals surface area contributed by atoms with E-state index in [1.165, 1.54) is 5.56 Å². The van der Waals surface area contributed by atoms with E-state index in [-0.39, 0.29) is 62.4 Å². The van der Waals surface area contributed by atoms with Gasteiger partial charge in [-0.3, -0.25) is 0 Å². The topological polar surface area (TPSA) is 53.0 Å². The van der Waals surface area contributed by atoms with Crippen molar-refractivity contribution >= 4 is 32.8 Å². The number of nitrogens with zero attached hydrogens (tertiary/aromatic N) is 1. The number of hydrogen-bond acceptors (Lipinski definition) is 3. The van der Waals surface area contributed by atoms with E-state index in [9.17, 15) is 9.90 Å². The summed E-state index contributed by atoms with van der Waals surface area (Å²) < 4.78 is 0.807. The zero-order chi connectivity index (χ0) is 17.5. The third-order valence-electron chi connectivity index (χ3n) is 4.04. The SMILES string of the molecule is CC(C)(C)c1ccc(-c2cc(C(=O)[O-])c3cc(Br)ccc3n2)cc1.[K+]. The van der Waals surface area contributed by atoms with E-state index in [1.54, 1.807) is 18.2 Å². The molecule has 3 aromatic rings. The number of carboxylic acid groups (broad SMARTS) is 1. The molecular weight excluding hydrogens is 405 g/mol. The summed E-state index contributed by atoms with van der Waals surface area (Å²) in [6, 6.07) is 15.1. The average molecular weight is 422 g/mol. The minimum atomic E-state index is -1.20. The quantitative estimate of drug-likeness (QED) is 0.586. The minimum Gasteiger partial charge on any atom is -0.545 e. The molecule has 0 amide bonds. The van der Waals surface area contributed by atoms with Crippen molar-refractivity contribution in [1.82, 2.24) is 4.98 Å². The average Bonchev–Trinajstić information content (AvgIpc) is 2.53. The second-order valence-corrected chi connectivity index (χ2v) is 7.75. The van der Waals surface area contributed by atoms with Crippen molar-refractivity contribution in [3.8, 4) is 11.3 Å². The molecule has 0 aliphatic rings. The van der Waals surface area contributed by atoms with E-state index in [0.717, 1.165) is 10.0 Å². The van der Waals surface area contributed by atoms with Gasteiger partial charge < -0.3 is 9.90 Å². The molecule has 0 spiro atoms. The molecule has 2 aromatic carbocycles. The first kappa shape index (κ1) is 20.7. The van der Waals surface area contributed by atoms with Crippen molar-refractivity contribution in [3.63, 3.8) is 0 Å². The number of rotatable bonds is 2. The number of hydrogen-bond donors (Lipinski definition) is 0. The molecule has 25 heavy (non-hydrogen) atoms. The van der Waals surface area contributed by atoms with Gasteiger partial charge in [0.25, 0.3) is 0 Å². The number of fused-ring (bicyclic) bond motifs is 1. The van der Waals surface area contributed by atoms with Crippen molar-refractivity contribution in [2.45, 2.75) is 26.2 Å². The smallest absolute Gasteiger partial charge is 0.545 e. The van der Waals surface area contributed by atoms with Crippen LogP contribution < -0.4 is 56.5 Å². The van der Waals surface area contributed by atoms with Crippen LogP contribution >= 0.6 is 15.9 Å². The third kappa shape index (κ3) is 4.59. The summed E-state index contributed by atoms with van der Waals surface area (Å²) in [5.74, 6) is -1.20. The molecule has 0 bridgehead atoms. The number of aromatic nitrogens is 1. The molecule has 3 rings (SSSR count). The summed E-state index contributed by atoms with van der Waals surface area (Å²) in [6.07, 6.45) is 0. The Hall–Kier alpha value is -0.564. The standard InChI is InChI=1S/C20H18BrNO2.K/c1-20(2,3)13-6-4-12(5-7-13)18-11-16(19(23)24)15-10-14(21)8-9-17(15)22-18;/h4-11H,1-3H3,(H,23,24);/q;+1/p-1. The number of halogens is 1. The zero-order valence-electron chi connectivity index (χ0n) is 14.8. The van der Waals surface area contributed by atoms with Crippen LogP contribution in [0.4, 0.5) is 0 Å². The molecule has 0 unspecified atom stereocenters. The second kappa shape index (κ2) is 7.99. The minimum absolute atomic E-state index is 0. The zero-order valence-corrected chi connectivity index (χ0v) is 19.5. The van der Waals surface area contributed by atoms with Gasteiger partial charge in [-0.25, -0.2) is 4.98 Å².